The van der Waals surface area contributed by atoms with Crippen LogP contribution >= 0.6 is 15.9 Å². The topological polar surface area (TPSA) is 35.6 Å². The number of carbonyl (C=O) groups excluding carboxylic acids is 1. The second-order valence-corrected chi connectivity index (χ2v) is 5.07. The van der Waals surface area contributed by atoms with Crippen LogP contribution in [0.25, 0.3) is 0 Å². The third kappa shape index (κ3) is 3.28. The molecule has 1 aromatic carbocycles. The third-order valence-corrected chi connectivity index (χ3v) is 3.57. The second-order valence-electron chi connectivity index (χ2n) is 4.21. The number of hydrogen-bond acceptors (Lipinski definition) is 3. The number of likely N-dealkylation sites (N-methyl/N-ethyl adjacent to an activating group) is 1. The van der Waals surface area contributed by atoms with E-state index in [-0.39, 0.29) is 5.91 Å². The van der Waals surface area contributed by atoms with Crippen molar-refractivity contribution in [3.05, 3.63) is 34.3 Å². The van der Waals surface area contributed by atoms with Gasteiger partial charge in [0.25, 0.3) is 5.91 Å². The molecule has 0 aliphatic carbocycles. The van der Waals surface area contributed by atoms with Crippen LogP contribution in [0.1, 0.15) is 10.4 Å². The van der Waals surface area contributed by atoms with Crippen LogP contribution < -0.4 is 5.43 Å². The predicted octanol–water partition coefficient (Wildman–Crippen LogP) is 1.34. The van der Waals surface area contributed by atoms with E-state index in [1.165, 1.54) is 0 Å². The lowest BCUT2D eigenvalue weighted by Crippen LogP contribution is -2.52. The molecule has 0 saturated carbocycles. The first kappa shape index (κ1) is 12.5. The summed E-state index contributed by atoms with van der Waals surface area (Å²) in [6.07, 6.45) is 0. The molecule has 0 spiro atoms. The Bertz CT molecular complexity index is 402. The van der Waals surface area contributed by atoms with Crippen molar-refractivity contribution in [2.45, 2.75) is 0 Å². The monoisotopic (exact) mass is 297 g/mol. The number of piperazine rings is 1. The van der Waals surface area contributed by atoms with Crippen molar-refractivity contribution in [1.29, 1.82) is 0 Å². The van der Waals surface area contributed by atoms with Gasteiger partial charge in [0.15, 0.2) is 0 Å². The van der Waals surface area contributed by atoms with Crippen molar-refractivity contribution < 1.29 is 4.79 Å². The predicted molar refractivity (Wildman–Crippen MR) is 70.7 cm³/mol. The summed E-state index contributed by atoms with van der Waals surface area (Å²) in [4.78, 5) is 14.3. The lowest BCUT2D eigenvalue weighted by atomic mass is 10.2. The van der Waals surface area contributed by atoms with E-state index in [0.717, 1.165) is 30.7 Å². The zero-order chi connectivity index (χ0) is 12.3. The number of amides is 1. The summed E-state index contributed by atoms with van der Waals surface area (Å²) in [6.45, 7) is 3.70. The van der Waals surface area contributed by atoms with E-state index in [1.54, 1.807) is 0 Å². The van der Waals surface area contributed by atoms with Gasteiger partial charge in [-0.2, -0.15) is 0 Å². The molecule has 1 aliphatic heterocycles. The van der Waals surface area contributed by atoms with Gasteiger partial charge in [-0.15, -0.1) is 0 Å². The second kappa shape index (κ2) is 5.62. The van der Waals surface area contributed by atoms with Gasteiger partial charge in [-0.05, 0) is 35.1 Å². The van der Waals surface area contributed by atoms with Crippen LogP contribution in [0.2, 0.25) is 0 Å². The molecule has 4 nitrogen and oxygen atoms in total. The van der Waals surface area contributed by atoms with Gasteiger partial charge < -0.3 is 4.90 Å². The molecule has 1 N–H and O–H groups in total. The summed E-state index contributed by atoms with van der Waals surface area (Å²) in [5.41, 5.74) is 3.61. The fraction of sp³-hybridized carbons (Fsp3) is 0.417. The van der Waals surface area contributed by atoms with Crippen molar-refractivity contribution >= 4 is 21.8 Å². The zero-order valence-corrected chi connectivity index (χ0v) is 11.4. The molecule has 1 fully saturated rings. The number of hydrazine groups is 1. The highest BCUT2D eigenvalue weighted by atomic mass is 79.9. The maximum Gasteiger partial charge on any atom is 0.266 e. The van der Waals surface area contributed by atoms with E-state index in [1.807, 2.05) is 29.3 Å². The summed E-state index contributed by atoms with van der Waals surface area (Å²) < 4.78 is 0.826. The van der Waals surface area contributed by atoms with Crippen LogP contribution in [0.5, 0.6) is 0 Å². The highest BCUT2D eigenvalue weighted by Crippen LogP contribution is 2.15. The first-order valence-corrected chi connectivity index (χ1v) is 6.45. The standard InChI is InChI=1S/C12H16BrN3O/c1-15-6-8-16(9-7-15)14-12(17)10-4-2-3-5-11(10)13/h2-5H,6-9H2,1H3,(H,14,17). The first-order valence-electron chi connectivity index (χ1n) is 5.66. The van der Waals surface area contributed by atoms with E-state index in [9.17, 15) is 4.79 Å². The fourth-order valence-corrected chi connectivity index (χ4v) is 2.23. The Balaban J connectivity index is 1.96. The van der Waals surface area contributed by atoms with E-state index < -0.39 is 0 Å². The molecule has 1 amide bonds. The molecular weight excluding hydrogens is 282 g/mol. The Morgan fingerprint density at radius 3 is 2.53 bits per heavy atom. The van der Waals surface area contributed by atoms with Crippen LogP contribution in [0.3, 0.4) is 0 Å². The van der Waals surface area contributed by atoms with Gasteiger partial charge in [0.2, 0.25) is 0 Å². The van der Waals surface area contributed by atoms with Gasteiger partial charge in [-0.25, -0.2) is 5.01 Å². The van der Waals surface area contributed by atoms with Crippen LogP contribution in [-0.2, 0) is 0 Å². The van der Waals surface area contributed by atoms with Gasteiger partial charge in [0.1, 0.15) is 0 Å². The molecule has 5 heteroatoms. The van der Waals surface area contributed by atoms with Crippen molar-refractivity contribution in [2.75, 3.05) is 33.2 Å². The lowest BCUT2D eigenvalue weighted by Gasteiger charge is -2.32. The van der Waals surface area contributed by atoms with Crippen molar-refractivity contribution in [3.8, 4) is 0 Å². The molecule has 0 atom stereocenters. The first-order chi connectivity index (χ1) is 8.16. The zero-order valence-electron chi connectivity index (χ0n) is 9.82. The molecule has 92 valence electrons. The van der Waals surface area contributed by atoms with E-state index >= 15 is 0 Å². The molecule has 1 aromatic rings. The molecule has 1 aliphatic rings. The summed E-state index contributed by atoms with van der Waals surface area (Å²) in [5, 5.41) is 1.97. The minimum absolute atomic E-state index is 0.0537. The summed E-state index contributed by atoms with van der Waals surface area (Å²) in [5.74, 6) is -0.0537. The van der Waals surface area contributed by atoms with Crippen LogP contribution in [-0.4, -0.2) is 49.0 Å². The normalized spacial score (nSPS) is 18.0. The highest BCUT2D eigenvalue weighted by Gasteiger charge is 2.17. The average molecular weight is 298 g/mol. The Morgan fingerprint density at radius 2 is 1.88 bits per heavy atom. The minimum Gasteiger partial charge on any atom is -0.304 e. The summed E-state index contributed by atoms with van der Waals surface area (Å²) >= 11 is 3.38. The number of nitrogens with zero attached hydrogens (tertiary/aromatic N) is 2. The largest absolute Gasteiger partial charge is 0.304 e. The Labute approximate surface area is 110 Å². The van der Waals surface area contributed by atoms with Crippen LogP contribution in [0.15, 0.2) is 28.7 Å². The van der Waals surface area contributed by atoms with Crippen molar-refractivity contribution in [2.24, 2.45) is 0 Å². The summed E-state index contributed by atoms with van der Waals surface area (Å²) in [7, 11) is 2.09. The smallest absolute Gasteiger partial charge is 0.266 e. The number of nitrogens with one attached hydrogen (secondary N) is 1. The molecule has 0 unspecified atom stereocenters. The fourth-order valence-electron chi connectivity index (χ4n) is 1.77. The molecule has 0 radical (unpaired) electrons. The van der Waals surface area contributed by atoms with E-state index in [4.69, 9.17) is 0 Å². The Kier molecular flexibility index (Phi) is 4.15. The Hall–Kier alpha value is -0.910. The number of halogens is 1. The minimum atomic E-state index is -0.0537. The SMILES string of the molecule is CN1CCN(NC(=O)c2ccccc2Br)CC1. The maximum absolute atomic E-state index is 12.0. The quantitative estimate of drug-likeness (QED) is 0.895. The van der Waals surface area contributed by atoms with Crippen LogP contribution in [0, 0.1) is 0 Å². The van der Waals surface area contributed by atoms with E-state index in [2.05, 4.69) is 33.3 Å². The molecular formula is C12H16BrN3O. The molecule has 1 saturated heterocycles. The number of benzene rings is 1. The van der Waals surface area contributed by atoms with Gasteiger partial charge in [-0.1, -0.05) is 12.1 Å². The third-order valence-electron chi connectivity index (χ3n) is 2.88. The highest BCUT2D eigenvalue weighted by molar-refractivity contribution is 9.10. The van der Waals surface area contributed by atoms with Crippen molar-refractivity contribution in [3.63, 3.8) is 0 Å². The van der Waals surface area contributed by atoms with Gasteiger partial charge in [0, 0.05) is 30.7 Å². The van der Waals surface area contributed by atoms with Gasteiger partial charge in [0.05, 0.1) is 5.56 Å². The average Bonchev–Trinajstić information content (AvgIpc) is 2.32. The van der Waals surface area contributed by atoms with Gasteiger partial charge >= 0.3 is 0 Å². The lowest BCUT2D eigenvalue weighted by molar-refractivity contribution is 0.0662. The summed E-state index contributed by atoms with van der Waals surface area (Å²) in [6, 6.07) is 7.45. The number of carbonyl (C=O) groups is 1. The maximum atomic E-state index is 12.0. The number of rotatable bonds is 2. The van der Waals surface area contributed by atoms with Crippen molar-refractivity contribution in [1.82, 2.24) is 15.3 Å². The van der Waals surface area contributed by atoms with E-state index in [0.29, 0.717) is 5.56 Å². The van der Waals surface area contributed by atoms with Gasteiger partial charge in [-0.3, -0.25) is 10.2 Å². The molecule has 17 heavy (non-hydrogen) atoms. The number of hydrogen-bond donors (Lipinski definition) is 1. The molecule has 0 aromatic heterocycles. The molecule has 1 heterocycles. The molecule has 0 bridgehead atoms. The van der Waals surface area contributed by atoms with Crippen LogP contribution in [0.4, 0.5) is 0 Å². The Morgan fingerprint density at radius 1 is 1.24 bits per heavy atom. The molecule has 2 rings (SSSR count).